The Bertz CT molecular complexity index is 1240. The van der Waals surface area contributed by atoms with Crippen LogP contribution in [0.4, 0.5) is 0 Å². The first kappa shape index (κ1) is 20.4. The fourth-order valence-corrected chi connectivity index (χ4v) is 4.09. The maximum atomic E-state index is 12.6. The number of hydrogen-bond acceptors (Lipinski definition) is 3. The highest BCUT2D eigenvalue weighted by atomic mass is 16.5. The summed E-state index contributed by atoms with van der Waals surface area (Å²) in [6.45, 7) is 2.13. The molecule has 0 aliphatic rings. The van der Waals surface area contributed by atoms with E-state index in [4.69, 9.17) is 15.9 Å². The Labute approximate surface area is 181 Å². The monoisotopic (exact) mass is 411 g/mol. The molecule has 4 N–H and O–H groups in total. The Morgan fingerprint density at radius 1 is 1.03 bits per heavy atom. The van der Waals surface area contributed by atoms with Crippen molar-refractivity contribution in [2.45, 2.75) is 19.3 Å². The number of esters is 1. The van der Waals surface area contributed by atoms with E-state index in [1.54, 1.807) is 13.1 Å². The van der Waals surface area contributed by atoms with E-state index in [9.17, 15) is 4.79 Å². The number of carbonyl (C=O) groups is 1. The van der Waals surface area contributed by atoms with Gasteiger partial charge >= 0.3 is 5.97 Å². The van der Waals surface area contributed by atoms with E-state index in [0.717, 1.165) is 27.5 Å². The summed E-state index contributed by atoms with van der Waals surface area (Å²) < 4.78 is 5.30. The van der Waals surface area contributed by atoms with Gasteiger partial charge in [-0.15, -0.1) is 0 Å². The van der Waals surface area contributed by atoms with Crippen molar-refractivity contribution < 1.29 is 9.53 Å². The fraction of sp³-hybridized carbons (Fsp3) is 0.154. The van der Waals surface area contributed by atoms with Crippen molar-refractivity contribution in [2.75, 3.05) is 6.61 Å². The summed E-state index contributed by atoms with van der Waals surface area (Å²) in [5, 5.41) is 10.1. The zero-order chi connectivity index (χ0) is 21.8. The van der Waals surface area contributed by atoms with Crippen LogP contribution in [0.3, 0.4) is 0 Å². The molecule has 1 aromatic heterocycles. The molecule has 1 unspecified atom stereocenters. The van der Waals surface area contributed by atoms with E-state index in [2.05, 4.69) is 29.2 Å². The first-order chi connectivity index (χ1) is 15.1. The molecule has 0 amide bonds. The van der Waals surface area contributed by atoms with E-state index in [1.807, 2.05) is 48.7 Å². The van der Waals surface area contributed by atoms with Crippen LogP contribution < -0.4 is 5.73 Å². The standard InChI is InChI=1S/C26H25N3O2/c1-2-31-26(30)24-16-29-15-23(24)22(14-17-7-5-10-19(13-17)25(27)28)21-12-6-9-18-8-3-4-11-20(18)21/h3-13,15-16,22,29H,2,14H2,1H3,(H3,27,28). The Morgan fingerprint density at radius 3 is 2.61 bits per heavy atom. The van der Waals surface area contributed by atoms with Crippen LogP contribution in [0.25, 0.3) is 10.8 Å². The number of H-pyrrole nitrogens is 1. The molecule has 0 fully saturated rings. The molecule has 0 saturated carbocycles. The van der Waals surface area contributed by atoms with E-state index in [-0.39, 0.29) is 17.7 Å². The Kier molecular flexibility index (Phi) is 5.85. The molecule has 1 atom stereocenters. The van der Waals surface area contributed by atoms with Gasteiger partial charge in [-0.1, -0.05) is 60.7 Å². The van der Waals surface area contributed by atoms with Crippen LogP contribution in [0.2, 0.25) is 0 Å². The van der Waals surface area contributed by atoms with Crippen LogP contribution in [0.15, 0.2) is 79.1 Å². The van der Waals surface area contributed by atoms with Gasteiger partial charge in [0, 0.05) is 23.9 Å². The number of nitrogen functional groups attached to an aromatic ring is 1. The number of nitrogens with two attached hydrogens (primary N) is 1. The second-order valence-corrected chi connectivity index (χ2v) is 7.48. The van der Waals surface area contributed by atoms with Crippen molar-refractivity contribution in [3.05, 3.63) is 107 Å². The van der Waals surface area contributed by atoms with Crippen LogP contribution in [0.5, 0.6) is 0 Å². The highest BCUT2D eigenvalue weighted by Gasteiger charge is 2.24. The summed E-state index contributed by atoms with van der Waals surface area (Å²) in [6, 6.07) is 22.2. The van der Waals surface area contributed by atoms with Crippen LogP contribution in [-0.2, 0) is 11.2 Å². The molecule has 1 heterocycles. The minimum Gasteiger partial charge on any atom is -0.462 e. The topological polar surface area (TPSA) is 92.0 Å². The first-order valence-corrected chi connectivity index (χ1v) is 10.3. The van der Waals surface area contributed by atoms with Crippen LogP contribution >= 0.6 is 0 Å². The Balaban J connectivity index is 1.86. The minimum absolute atomic E-state index is 0.0393. The molecule has 0 saturated heterocycles. The molecule has 5 heteroatoms. The van der Waals surface area contributed by atoms with Gasteiger partial charge < -0.3 is 15.5 Å². The summed E-state index contributed by atoms with van der Waals surface area (Å²) in [5.41, 5.74) is 10.0. The predicted molar refractivity (Wildman–Crippen MR) is 124 cm³/mol. The second-order valence-electron chi connectivity index (χ2n) is 7.48. The Morgan fingerprint density at radius 2 is 1.81 bits per heavy atom. The molecule has 0 aliphatic heterocycles. The number of hydrogen-bond donors (Lipinski definition) is 3. The lowest BCUT2D eigenvalue weighted by Gasteiger charge is -2.21. The zero-order valence-corrected chi connectivity index (χ0v) is 17.4. The number of carbonyl (C=O) groups excluding carboxylic acids is 1. The van der Waals surface area contributed by atoms with Gasteiger partial charge in [-0.25, -0.2) is 4.79 Å². The summed E-state index contributed by atoms with van der Waals surface area (Å²) >= 11 is 0. The lowest BCUT2D eigenvalue weighted by Crippen LogP contribution is -2.13. The summed E-state index contributed by atoms with van der Waals surface area (Å²) in [7, 11) is 0. The molecular formula is C26H25N3O2. The molecule has 0 radical (unpaired) electrons. The highest BCUT2D eigenvalue weighted by molar-refractivity contribution is 5.95. The number of aromatic nitrogens is 1. The maximum Gasteiger partial charge on any atom is 0.339 e. The van der Waals surface area contributed by atoms with E-state index in [1.165, 1.54) is 0 Å². The minimum atomic E-state index is -0.332. The number of amidine groups is 1. The number of ether oxygens (including phenoxy) is 1. The third-order valence-electron chi connectivity index (χ3n) is 5.52. The van der Waals surface area contributed by atoms with Gasteiger partial charge in [0.2, 0.25) is 0 Å². The summed E-state index contributed by atoms with van der Waals surface area (Å²) in [4.78, 5) is 15.7. The third-order valence-corrected chi connectivity index (χ3v) is 5.52. The van der Waals surface area contributed by atoms with Gasteiger partial charge in [0.05, 0.1) is 12.2 Å². The molecule has 4 aromatic rings. The van der Waals surface area contributed by atoms with Gasteiger partial charge in [-0.05, 0) is 46.9 Å². The number of benzene rings is 3. The summed E-state index contributed by atoms with van der Waals surface area (Å²) in [5.74, 6) is -0.377. The van der Waals surface area contributed by atoms with Crippen molar-refractivity contribution in [3.63, 3.8) is 0 Å². The average Bonchev–Trinajstić information content (AvgIpc) is 3.27. The molecule has 3 aromatic carbocycles. The van der Waals surface area contributed by atoms with E-state index >= 15 is 0 Å². The Hall–Kier alpha value is -3.86. The SMILES string of the molecule is CCOC(=O)c1c[nH]cc1C(Cc1cccc(C(=N)N)c1)c1cccc2ccccc12. The van der Waals surface area contributed by atoms with Gasteiger partial charge in [0.25, 0.3) is 0 Å². The van der Waals surface area contributed by atoms with Crippen molar-refractivity contribution in [1.29, 1.82) is 5.41 Å². The molecular weight excluding hydrogens is 386 g/mol. The molecule has 5 nitrogen and oxygen atoms in total. The lowest BCUT2D eigenvalue weighted by atomic mass is 9.83. The normalized spacial score (nSPS) is 11.9. The number of aromatic amines is 1. The first-order valence-electron chi connectivity index (χ1n) is 10.3. The van der Waals surface area contributed by atoms with Crippen molar-refractivity contribution >= 4 is 22.6 Å². The van der Waals surface area contributed by atoms with E-state index in [0.29, 0.717) is 24.2 Å². The smallest absolute Gasteiger partial charge is 0.339 e. The highest BCUT2D eigenvalue weighted by Crippen LogP contribution is 2.35. The zero-order valence-electron chi connectivity index (χ0n) is 17.4. The van der Waals surface area contributed by atoms with Crippen molar-refractivity contribution in [3.8, 4) is 0 Å². The van der Waals surface area contributed by atoms with Crippen molar-refractivity contribution in [1.82, 2.24) is 4.98 Å². The number of nitrogens with one attached hydrogen (secondary N) is 2. The lowest BCUT2D eigenvalue weighted by molar-refractivity contribution is 0.0525. The van der Waals surface area contributed by atoms with Crippen molar-refractivity contribution in [2.24, 2.45) is 5.73 Å². The number of fused-ring (bicyclic) bond motifs is 1. The third kappa shape index (κ3) is 4.21. The van der Waals surface area contributed by atoms with Gasteiger partial charge in [-0.2, -0.15) is 0 Å². The second kappa shape index (κ2) is 8.88. The molecule has 0 aliphatic carbocycles. The van der Waals surface area contributed by atoms with Crippen LogP contribution in [0, 0.1) is 5.41 Å². The molecule has 0 spiro atoms. The predicted octanol–water partition coefficient (Wildman–Crippen LogP) is 5.00. The summed E-state index contributed by atoms with van der Waals surface area (Å²) in [6.07, 6.45) is 4.24. The van der Waals surface area contributed by atoms with E-state index < -0.39 is 0 Å². The molecule has 156 valence electrons. The maximum absolute atomic E-state index is 12.6. The molecule has 4 rings (SSSR count). The largest absolute Gasteiger partial charge is 0.462 e. The molecule has 31 heavy (non-hydrogen) atoms. The number of rotatable bonds is 7. The van der Waals surface area contributed by atoms with Crippen LogP contribution in [0.1, 0.15) is 45.5 Å². The van der Waals surface area contributed by atoms with Gasteiger partial charge in [-0.3, -0.25) is 5.41 Å². The fourth-order valence-electron chi connectivity index (χ4n) is 4.09. The average molecular weight is 412 g/mol. The quantitative estimate of drug-likeness (QED) is 0.227. The van der Waals surface area contributed by atoms with Crippen LogP contribution in [-0.4, -0.2) is 23.4 Å². The van der Waals surface area contributed by atoms with Gasteiger partial charge in [0.1, 0.15) is 5.84 Å². The van der Waals surface area contributed by atoms with Gasteiger partial charge in [0.15, 0.2) is 0 Å². The molecule has 0 bridgehead atoms.